The van der Waals surface area contributed by atoms with Crippen molar-refractivity contribution in [2.45, 2.75) is 37.6 Å². The molecule has 2 heterocycles. The number of nitrogens with zero attached hydrogens (tertiary/aromatic N) is 1. The molecule has 2 rings (SSSR count). The van der Waals surface area contributed by atoms with Crippen LogP contribution in [0.5, 0.6) is 0 Å². The van der Waals surface area contributed by atoms with Crippen LogP contribution in [0.15, 0.2) is 0 Å². The van der Waals surface area contributed by atoms with Gasteiger partial charge in [-0.1, -0.05) is 0 Å². The first-order chi connectivity index (χ1) is 9.33. The van der Waals surface area contributed by atoms with Crippen LogP contribution >= 0.6 is 0 Å². The van der Waals surface area contributed by atoms with Crippen LogP contribution in [0.25, 0.3) is 0 Å². The number of likely N-dealkylation sites (tertiary alicyclic amines) is 1. The van der Waals surface area contributed by atoms with Crippen LogP contribution in [-0.4, -0.2) is 76.8 Å². The van der Waals surface area contributed by atoms with Crippen molar-refractivity contribution in [3.63, 3.8) is 0 Å². The van der Waals surface area contributed by atoms with Gasteiger partial charge in [-0.25, -0.2) is 0 Å². The minimum absolute atomic E-state index is 0.218. The van der Waals surface area contributed by atoms with E-state index in [1.54, 1.807) is 14.2 Å². The Bertz CT molecular complexity index is 235. The minimum Gasteiger partial charge on any atom is -0.378 e. The van der Waals surface area contributed by atoms with Crippen LogP contribution in [-0.2, 0) is 14.2 Å². The van der Waals surface area contributed by atoms with Crippen LogP contribution in [0, 0.1) is 0 Å². The predicted octanol–water partition coefficient (Wildman–Crippen LogP) is 0.491. The minimum atomic E-state index is 0.218. The summed E-state index contributed by atoms with van der Waals surface area (Å²) < 4.78 is 16.8. The largest absolute Gasteiger partial charge is 0.378 e. The number of methoxy groups -OCH3 is 2. The van der Waals surface area contributed by atoms with Crippen molar-refractivity contribution in [2.75, 3.05) is 53.6 Å². The fraction of sp³-hybridized carbons (Fsp3) is 1.00. The summed E-state index contributed by atoms with van der Waals surface area (Å²) >= 11 is 0. The topological polar surface area (TPSA) is 43.0 Å². The van der Waals surface area contributed by atoms with Gasteiger partial charge in [-0.05, 0) is 32.4 Å². The van der Waals surface area contributed by atoms with E-state index < -0.39 is 0 Å². The summed E-state index contributed by atoms with van der Waals surface area (Å²) in [6.07, 6.45) is 4.31. The molecule has 5 heteroatoms. The van der Waals surface area contributed by atoms with Crippen LogP contribution in [0.1, 0.15) is 19.3 Å². The smallest absolute Gasteiger partial charge is 0.0971 e. The number of nitrogens with one attached hydrogen (secondary N) is 1. The Morgan fingerprint density at radius 1 is 1.05 bits per heavy atom. The first-order valence-electron chi connectivity index (χ1n) is 7.43. The molecule has 0 bridgehead atoms. The van der Waals surface area contributed by atoms with Gasteiger partial charge in [0.05, 0.1) is 18.3 Å². The third-order valence-corrected chi connectivity index (χ3v) is 4.15. The van der Waals surface area contributed by atoms with E-state index in [0.29, 0.717) is 6.10 Å². The third-order valence-electron chi connectivity index (χ3n) is 4.15. The monoisotopic (exact) mass is 272 g/mol. The molecule has 0 radical (unpaired) electrons. The quantitative estimate of drug-likeness (QED) is 0.683. The lowest BCUT2D eigenvalue weighted by Gasteiger charge is -2.23. The van der Waals surface area contributed by atoms with Crippen molar-refractivity contribution in [3.05, 3.63) is 0 Å². The second kappa shape index (κ2) is 8.17. The van der Waals surface area contributed by atoms with Crippen LogP contribution < -0.4 is 5.32 Å². The van der Waals surface area contributed by atoms with E-state index in [1.807, 2.05) is 0 Å². The van der Waals surface area contributed by atoms with Gasteiger partial charge in [0.1, 0.15) is 0 Å². The summed E-state index contributed by atoms with van der Waals surface area (Å²) in [5.41, 5.74) is 0. The summed E-state index contributed by atoms with van der Waals surface area (Å²) in [6.45, 7) is 6.09. The number of ether oxygens (including phenoxy) is 3. The van der Waals surface area contributed by atoms with Gasteiger partial charge in [0, 0.05) is 40.5 Å². The van der Waals surface area contributed by atoms with Crippen LogP contribution in [0.4, 0.5) is 0 Å². The maximum Gasteiger partial charge on any atom is 0.0971 e. The van der Waals surface area contributed by atoms with Crippen LogP contribution in [0.3, 0.4) is 0 Å². The predicted molar refractivity (Wildman–Crippen MR) is 74.5 cm³/mol. The van der Waals surface area contributed by atoms with Gasteiger partial charge in [0.15, 0.2) is 0 Å². The lowest BCUT2D eigenvalue weighted by atomic mass is 10.1. The summed E-state index contributed by atoms with van der Waals surface area (Å²) in [5.74, 6) is 0. The maximum atomic E-state index is 5.92. The van der Waals surface area contributed by atoms with E-state index in [1.165, 1.54) is 0 Å². The molecular formula is C14H28N2O3. The molecule has 0 saturated carbocycles. The Balaban J connectivity index is 1.56. The first kappa shape index (κ1) is 15.2. The van der Waals surface area contributed by atoms with Gasteiger partial charge >= 0.3 is 0 Å². The third kappa shape index (κ3) is 4.68. The average molecular weight is 272 g/mol. The molecule has 1 N–H and O–H groups in total. The van der Waals surface area contributed by atoms with E-state index in [-0.39, 0.29) is 12.2 Å². The van der Waals surface area contributed by atoms with Gasteiger partial charge in [-0.15, -0.1) is 0 Å². The number of piperidine rings is 1. The van der Waals surface area contributed by atoms with Crippen molar-refractivity contribution in [1.29, 1.82) is 0 Å². The van der Waals surface area contributed by atoms with Gasteiger partial charge in [0.25, 0.3) is 0 Å². The molecule has 2 aliphatic rings. The van der Waals surface area contributed by atoms with Crippen molar-refractivity contribution in [1.82, 2.24) is 10.2 Å². The molecule has 19 heavy (non-hydrogen) atoms. The van der Waals surface area contributed by atoms with Gasteiger partial charge in [0.2, 0.25) is 0 Å². The molecular weight excluding hydrogens is 244 g/mol. The van der Waals surface area contributed by atoms with Crippen molar-refractivity contribution in [2.24, 2.45) is 0 Å². The molecule has 2 unspecified atom stereocenters. The molecule has 2 atom stereocenters. The van der Waals surface area contributed by atoms with Crippen molar-refractivity contribution < 1.29 is 14.2 Å². The molecule has 0 aromatic rings. The summed E-state index contributed by atoms with van der Waals surface area (Å²) in [4.78, 5) is 2.41. The SMILES string of the molecule is COC1CN(CCCOC2CCNCC2)CC1OC. The highest BCUT2D eigenvalue weighted by Crippen LogP contribution is 2.16. The highest BCUT2D eigenvalue weighted by Gasteiger charge is 2.32. The molecule has 2 fully saturated rings. The molecule has 0 aromatic carbocycles. The normalized spacial score (nSPS) is 30.0. The van der Waals surface area contributed by atoms with E-state index in [9.17, 15) is 0 Å². The Labute approximate surface area is 116 Å². The molecule has 5 nitrogen and oxygen atoms in total. The van der Waals surface area contributed by atoms with Gasteiger partial charge in [-0.3, -0.25) is 4.90 Å². The standard InChI is InChI=1S/C14H28N2O3/c1-17-13-10-16(11-14(13)18-2)8-3-9-19-12-4-6-15-7-5-12/h12-15H,3-11H2,1-2H3. The van der Waals surface area contributed by atoms with E-state index in [2.05, 4.69) is 10.2 Å². The van der Waals surface area contributed by atoms with E-state index in [4.69, 9.17) is 14.2 Å². The lowest BCUT2D eigenvalue weighted by Crippen LogP contribution is -2.33. The van der Waals surface area contributed by atoms with Crippen LogP contribution in [0.2, 0.25) is 0 Å². The number of rotatable bonds is 7. The fourth-order valence-electron chi connectivity index (χ4n) is 2.95. The van der Waals surface area contributed by atoms with Gasteiger partial charge in [-0.2, -0.15) is 0 Å². The number of hydrogen-bond acceptors (Lipinski definition) is 5. The van der Waals surface area contributed by atoms with E-state index in [0.717, 1.165) is 58.6 Å². The zero-order valence-electron chi connectivity index (χ0n) is 12.3. The number of hydrogen-bond donors (Lipinski definition) is 1. The van der Waals surface area contributed by atoms with Gasteiger partial charge < -0.3 is 19.5 Å². The zero-order valence-corrected chi connectivity index (χ0v) is 12.3. The zero-order chi connectivity index (χ0) is 13.5. The summed E-state index contributed by atoms with van der Waals surface area (Å²) in [5, 5.41) is 3.36. The highest BCUT2D eigenvalue weighted by atomic mass is 16.5. The highest BCUT2D eigenvalue weighted by molar-refractivity contribution is 4.85. The molecule has 0 aromatic heterocycles. The first-order valence-corrected chi connectivity index (χ1v) is 7.43. The maximum absolute atomic E-state index is 5.92. The summed E-state index contributed by atoms with van der Waals surface area (Å²) in [7, 11) is 3.53. The second-order valence-corrected chi connectivity index (χ2v) is 5.48. The van der Waals surface area contributed by atoms with Crippen molar-refractivity contribution >= 4 is 0 Å². The lowest BCUT2D eigenvalue weighted by molar-refractivity contribution is -0.00461. The molecule has 0 amide bonds. The summed E-state index contributed by atoms with van der Waals surface area (Å²) in [6, 6.07) is 0. The van der Waals surface area contributed by atoms with Crippen molar-refractivity contribution in [3.8, 4) is 0 Å². The Morgan fingerprint density at radius 2 is 1.68 bits per heavy atom. The Kier molecular flexibility index (Phi) is 6.53. The molecule has 2 saturated heterocycles. The Hall–Kier alpha value is -0.200. The molecule has 0 spiro atoms. The average Bonchev–Trinajstić information content (AvgIpc) is 2.87. The second-order valence-electron chi connectivity index (χ2n) is 5.48. The fourth-order valence-corrected chi connectivity index (χ4v) is 2.95. The van der Waals surface area contributed by atoms with E-state index >= 15 is 0 Å². The molecule has 2 aliphatic heterocycles. The Morgan fingerprint density at radius 3 is 2.26 bits per heavy atom. The molecule has 0 aliphatic carbocycles. The molecule has 112 valence electrons.